The van der Waals surface area contributed by atoms with Crippen molar-refractivity contribution in [1.82, 2.24) is 4.90 Å². The molecule has 0 aromatic heterocycles. The van der Waals surface area contributed by atoms with Gasteiger partial charge >= 0.3 is 0 Å². The summed E-state index contributed by atoms with van der Waals surface area (Å²) in [6.45, 7) is 0.712. The zero-order valence-corrected chi connectivity index (χ0v) is 9.13. The van der Waals surface area contributed by atoms with Crippen LogP contribution in [0, 0.1) is 0 Å². The molecule has 2 aliphatic heterocycles. The Hall–Kier alpha value is -2.36. The van der Waals surface area contributed by atoms with Gasteiger partial charge in [-0.3, -0.25) is 4.79 Å². The first-order valence-electron chi connectivity index (χ1n) is 5.38. The first-order chi connectivity index (χ1) is 8.25. The van der Waals surface area contributed by atoms with Gasteiger partial charge in [0.1, 0.15) is 5.82 Å². The molecule has 0 bridgehead atoms. The summed E-state index contributed by atoms with van der Waals surface area (Å²) in [4.78, 5) is 17.8. The number of para-hydroxylation sites is 1. The molecule has 2 aliphatic rings. The normalized spacial score (nSPS) is 16.8. The van der Waals surface area contributed by atoms with Crippen LogP contribution in [0.1, 0.15) is 0 Å². The van der Waals surface area contributed by atoms with Gasteiger partial charge in [-0.1, -0.05) is 24.3 Å². The molecule has 0 saturated carbocycles. The number of carbonyl (C=O) groups excluding carboxylic acids is 1. The van der Waals surface area contributed by atoms with Crippen LogP contribution in [0.2, 0.25) is 0 Å². The van der Waals surface area contributed by atoms with E-state index in [4.69, 9.17) is 5.73 Å². The molecule has 0 fully saturated rings. The SMILES string of the molecule is NC(=O)C1=C2N=c3ccccc3=CN2CC=C1. The molecule has 0 saturated heterocycles. The van der Waals surface area contributed by atoms with Crippen molar-refractivity contribution in [2.24, 2.45) is 10.7 Å². The second-order valence-electron chi connectivity index (χ2n) is 3.96. The predicted molar refractivity (Wildman–Crippen MR) is 63.8 cm³/mol. The lowest BCUT2D eigenvalue weighted by Crippen LogP contribution is -2.37. The molecule has 3 rings (SSSR count). The Morgan fingerprint density at radius 3 is 3.00 bits per heavy atom. The Kier molecular flexibility index (Phi) is 2.08. The molecular weight excluding hydrogens is 214 g/mol. The molecule has 1 aromatic rings. The van der Waals surface area contributed by atoms with Crippen LogP contribution in [0.25, 0.3) is 6.20 Å². The van der Waals surface area contributed by atoms with Crippen molar-refractivity contribution >= 4 is 12.1 Å². The molecule has 2 heterocycles. The second-order valence-corrected chi connectivity index (χ2v) is 3.96. The Labute approximate surface area is 98.1 Å². The Bertz CT molecular complexity index is 670. The summed E-state index contributed by atoms with van der Waals surface area (Å²) in [6, 6.07) is 7.81. The molecule has 0 atom stereocenters. The fraction of sp³-hybridized carbons (Fsp3) is 0.0769. The number of rotatable bonds is 1. The maximum absolute atomic E-state index is 11.3. The van der Waals surface area contributed by atoms with E-state index in [1.165, 1.54) is 0 Å². The van der Waals surface area contributed by atoms with Crippen molar-refractivity contribution < 1.29 is 4.79 Å². The van der Waals surface area contributed by atoms with Crippen LogP contribution in [-0.4, -0.2) is 17.4 Å². The average Bonchev–Trinajstić information content (AvgIpc) is 2.35. The van der Waals surface area contributed by atoms with Gasteiger partial charge in [0.25, 0.3) is 5.91 Å². The summed E-state index contributed by atoms with van der Waals surface area (Å²) < 4.78 is 0. The first kappa shape index (κ1) is 9.84. The summed E-state index contributed by atoms with van der Waals surface area (Å²) in [5.74, 6) is 0.191. The highest BCUT2D eigenvalue weighted by molar-refractivity contribution is 5.96. The molecule has 0 unspecified atom stereocenters. The predicted octanol–water partition coefficient (Wildman–Crippen LogP) is -0.374. The third-order valence-electron chi connectivity index (χ3n) is 2.82. The van der Waals surface area contributed by atoms with E-state index in [0.717, 1.165) is 10.6 Å². The zero-order chi connectivity index (χ0) is 11.8. The van der Waals surface area contributed by atoms with E-state index in [1.54, 1.807) is 6.08 Å². The van der Waals surface area contributed by atoms with Crippen molar-refractivity contribution in [2.75, 3.05) is 6.54 Å². The molecule has 84 valence electrons. The number of nitrogens with zero attached hydrogens (tertiary/aromatic N) is 2. The smallest absolute Gasteiger partial charge is 0.252 e. The van der Waals surface area contributed by atoms with Gasteiger partial charge in [0.15, 0.2) is 0 Å². The number of benzene rings is 1. The van der Waals surface area contributed by atoms with Crippen LogP contribution in [-0.2, 0) is 4.79 Å². The van der Waals surface area contributed by atoms with Crippen molar-refractivity contribution in [3.63, 3.8) is 0 Å². The third kappa shape index (κ3) is 1.54. The Morgan fingerprint density at radius 1 is 1.35 bits per heavy atom. The van der Waals surface area contributed by atoms with E-state index in [2.05, 4.69) is 4.99 Å². The van der Waals surface area contributed by atoms with E-state index >= 15 is 0 Å². The quantitative estimate of drug-likeness (QED) is 0.708. The lowest BCUT2D eigenvalue weighted by atomic mass is 10.1. The molecule has 0 aliphatic carbocycles. The lowest BCUT2D eigenvalue weighted by Gasteiger charge is -2.25. The maximum atomic E-state index is 11.3. The van der Waals surface area contributed by atoms with Gasteiger partial charge in [-0.15, -0.1) is 0 Å². The molecular formula is C13H11N3O. The topological polar surface area (TPSA) is 58.7 Å². The lowest BCUT2D eigenvalue weighted by molar-refractivity contribution is -0.114. The number of primary amides is 1. The molecule has 1 amide bonds. The largest absolute Gasteiger partial charge is 0.365 e. The van der Waals surface area contributed by atoms with Crippen LogP contribution < -0.4 is 16.3 Å². The van der Waals surface area contributed by atoms with E-state index in [9.17, 15) is 4.79 Å². The summed E-state index contributed by atoms with van der Waals surface area (Å²) in [7, 11) is 0. The molecule has 17 heavy (non-hydrogen) atoms. The van der Waals surface area contributed by atoms with Gasteiger partial charge in [-0.05, 0) is 12.1 Å². The van der Waals surface area contributed by atoms with Crippen molar-refractivity contribution in [2.45, 2.75) is 0 Å². The van der Waals surface area contributed by atoms with Crippen molar-refractivity contribution in [3.05, 3.63) is 58.4 Å². The summed E-state index contributed by atoms with van der Waals surface area (Å²) in [5, 5.41) is 1.92. The summed E-state index contributed by atoms with van der Waals surface area (Å²) in [5.41, 5.74) is 5.81. The first-order valence-corrected chi connectivity index (χ1v) is 5.38. The van der Waals surface area contributed by atoms with E-state index in [1.807, 2.05) is 41.4 Å². The van der Waals surface area contributed by atoms with Crippen molar-refractivity contribution in [1.29, 1.82) is 0 Å². The number of fused-ring (bicyclic) bond motifs is 2. The Balaban J connectivity index is 2.30. The van der Waals surface area contributed by atoms with Gasteiger partial charge in [0.2, 0.25) is 0 Å². The van der Waals surface area contributed by atoms with E-state index in [-0.39, 0.29) is 0 Å². The zero-order valence-electron chi connectivity index (χ0n) is 9.13. The summed E-state index contributed by atoms with van der Waals surface area (Å²) >= 11 is 0. The number of hydrogen-bond acceptors (Lipinski definition) is 3. The van der Waals surface area contributed by atoms with Crippen molar-refractivity contribution in [3.8, 4) is 0 Å². The van der Waals surface area contributed by atoms with Crippen LogP contribution in [0.15, 0.2) is 52.8 Å². The standard InChI is InChI=1S/C13H11N3O/c14-12(17)10-5-3-7-16-8-9-4-1-2-6-11(9)15-13(10)16/h1-6,8H,7H2,(H2,14,17). The monoisotopic (exact) mass is 225 g/mol. The van der Waals surface area contributed by atoms with Crippen LogP contribution in [0.4, 0.5) is 0 Å². The molecule has 0 radical (unpaired) electrons. The van der Waals surface area contributed by atoms with Gasteiger partial charge < -0.3 is 10.6 Å². The minimum absolute atomic E-state index is 0.447. The van der Waals surface area contributed by atoms with Gasteiger partial charge in [0.05, 0.1) is 10.9 Å². The van der Waals surface area contributed by atoms with Crippen LogP contribution in [0.5, 0.6) is 0 Å². The molecule has 4 nitrogen and oxygen atoms in total. The minimum atomic E-state index is -0.447. The highest BCUT2D eigenvalue weighted by atomic mass is 16.1. The third-order valence-corrected chi connectivity index (χ3v) is 2.82. The molecule has 4 heteroatoms. The number of hydrogen-bond donors (Lipinski definition) is 1. The summed E-state index contributed by atoms with van der Waals surface area (Å²) in [6.07, 6.45) is 5.63. The maximum Gasteiger partial charge on any atom is 0.252 e. The van der Waals surface area contributed by atoms with Gasteiger partial charge in [-0.25, -0.2) is 4.99 Å². The molecule has 2 N–H and O–H groups in total. The molecule has 1 aromatic carbocycles. The van der Waals surface area contributed by atoms with E-state index in [0.29, 0.717) is 17.9 Å². The highest BCUT2D eigenvalue weighted by Gasteiger charge is 2.19. The number of amides is 1. The van der Waals surface area contributed by atoms with Crippen LogP contribution >= 0.6 is 0 Å². The van der Waals surface area contributed by atoms with E-state index < -0.39 is 5.91 Å². The Morgan fingerprint density at radius 2 is 2.18 bits per heavy atom. The highest BCUT2D eigenvalue weighted by Crippen LogP contribution is 2.19. The number of nitrogens with two attached hydrogens (primary N) is 1. The minimum Gasteiger partial charge on any atom is -0.365 e. The number of carbonyl (C=O) groups is 1. The average molecular weight is 225 g/mol. The fourth-order valence-corrected chi connectivity index (χ4v) is 2.01. The van der Waals surface area contributed by atoms with Gasteiger partial charge in [-0.2, -0.15) is 0 Å². The second kappa shape index (κ2) is 3.59. The van der Waals surface area contributed by atoms with Crippen LogP contribution in [0.3, 0.4) is 0 Å². The fourth-order valence-electron chi connectivity index (χ4n) is 2.01. The molecule has 0 spiro atoms. The van der Waals surface area contributed by atoms with Gasteiger partial charge in [0, 0.05) is 18.0 Å².